The Hall–Kier alpha value is -2.05. The number of rotatable bonds is 4. The zero-order valence-corrected chi connectivity index (χ0v) is 16.1. The summed E-state index contributed by atoms with van der Waals surface area (Å²) in [5, 5.41) is 4.91. The van der Waals surface area contributed by atoms with Crippen molar-refractivity contribution in [2.75, 3.05) is 26.2 Å². The van der Waals surface area contributed by atoms with Gasteiger partial charge in [-0.1, -0.05) is 28.9 Å². The van der Waals surface area contributed by atoms with Gasteiger partial charge in [0.05, 0.1) is 12.6 Å². The minimum atomic E-state index is -0.239. The van der Waals surface area contributed by atoms with Crippen LogP contribution < -0.4 is 0 Å². The predicted molar refractivity (Wildman–Crippen MR) is 100 cm³/mol. The number of hydrogen-bond acceptors (Lipinski definition) is 5. The van der Waals surface area contributed by atoms with Gasteiger partial charge in [-0.3, -0.25) is 4.90 Å². The van der Waals surface area contributed by atoms with Crippen LogP contribution in [0.2, 0.25) is 5.02 Å². The Morgan fingerprint density at radius 1 is 1.42 bits per heavy atom. The third kappa shape index (κ3) is 4.02. The highest BCUT2D eigenvalue weighted by Gasteiger charge is 2.31. The number of benzene rings is 1. The number of amides is 1. The van der Waals surface area contributed by atoms with Gasteiger partial charge in [-0.2, -0.15) is 0 Å². The van der Waals surface area contributed by atoms with E-state index in [-0.39, 0.29) is 18.2 Å². The lowest BCUT2D eigenvalue weighted by Gasteiger charge is -2.41. The van der Waals surface area contributed by atoms with E-state index in [1.807, 2.05) is 44.2 Å². The lowest BCUT2D eigenvalue weighted by atomic mass is 10.1. The van der Waals surface area contributed by atoms with Crippen LogP contribution in [0.1, 0.15) is 32.5 Å². The lowest BCUT2D eigenvalue weighted by Crippen LogP contribution is -2.54. The molecule has 2 aromatic rings. The smallest absolute Gasteiger partial charge is 0.410 e. The number of nitrogens with zero attached hydrogens (tertiary/aromatic N) is 3. The minimum absolute atomic E-state index is 0.0875. The Kier molecular flexibility index (Phi) is 5.84. The van der Waals surface area contributed by atoms with Gasteiger partial charge in [-0.05, 0) is 32.9 Å². The summed E-state index contributed by atoms with van der Waals surface area (Å²) >= 11 is 6.05. The second-order valence-corrected chi connectivity index (χ2v) is 6.98. The van der Waals surface area contributed by atoms with Crippen molar-refractivity contribution in [3.63, 3.8) is 0 Å². The molecular weight excluding hydrogens is 354 g/mol. The quantitative estimate of drug-likeness (QED) is 0.798. The third-order valence-corrected chi connectivity index (χ3v) is 5.01. The molecule has 0 spiro atoms. The highest BCUT2D eigenvalue weighted by molar-refractivity contribution is 6.30. The van der Waals surface area contributed by atoms with Crippen LogP contribution in [0.25, 0.3) is 11.3 Å². The number of halogens is 1. The van der Waals surface area contributed by atoms with Crippen molar-refractivity contribution in [3.05, 3.63) is 41.0 Å². The summed E-state index contributed by atoms with van der Waals surface area (Å²) in [7, 11) is 0. The van der Waals surface area contributed by atoms with Gasteiger partial charge >= 0.3 is 6.09 Å². The summed E-state index contributed by atoms with van der Waals surface area (Å²) in [5.41, 5.74) is 1.78. The molecule has 0 radical (unpaired) electrons. The van der Waals surface area contributed by atoms with Gasteiger partial charge < -0.3 is 14.2 Å². The molecule has 1 aromatic carbocycles. The summed E-state index contributed by atoms with van der Waals surface area (Å²) in [5.74, 6) is 0.701. The summed E-state index contributed by atoms with van der Waals surface area (Å²) in [6.45, 7) is 8.53. The van der Waals surface area contributed by atoms with Crippen LogP contribution >= 0.6 is 11.6 Å². The highest BCUT2D eigenvalue weighted by Crippen LogP contribution is 2.28. The molecule has 1 amide bonds. The maximum Gasteiger partial charge on any atom is 0.410 e. The van der Waals surface area contributed by atoms with Crippen molar-refractivity contribution >= 4 is 17.7 Å². The van der Waals surface area contributed by atoms with Crippen molar-refractivity contribution in [2.45, 2.75) is 32.9 Å². The van der Waals surface area contributed by atoms with Crippen molar-refractivity contribution < 1.29 is 14.1 Å². The highest BCUT2D eigenvalue weighted by atomic mass is 35.5. The fourth-order valence-electron chi connectivity index (χ4n) is 3.27. The van der Waals surface area contributed by atoms with Crippen molar-refractivity contribution in [3.8, 4) is 11.3 Å². The Morgan fingerprint density at radius 3 is 2.92 bits per heavy atom. The lowest BCUT2D eigenvalue weighted by molar-refractivity contribution is 0.0406. The average molecular weight is 378 g/mol. The number of piperazine rings is 1. The topological polar surface area (TPSA) is 58.8 Å². The first-order valence-corrected chi connectivity index (χ1v) is 9.27. The molecule has 0 N–H and O–H groups in total. The van der Waals surface area contributed by atoms with Gasteiger partial charge in [-0.15, -0.1) is 0 Å². The van der Waals surface area contributed by atoms with E-state index in [1.165, 1.54) is 0 Å². The van der Waals surface area contributed by atoms with E-state index in [9.17, 15) is 4.79 Å². The van der Waals surface area contributed by atoms with Crippen molar-refractivity contribution in [1.29, 1.82) is 0 Å². The van der Waals surface area contributed by atoms with Crippen LogP contribution in [0.15, 0.2) is 34.9 Å². The molecule has 140 valence electrons. The molecule has 1 aliphatic heterocycles. The number of hydrogen-bond donors (Lipinski definition) is 0. The van der Waals surface area contributed by atoms with Crippen LogP contribution in [0.3, 0.4) is 0 Å². The van der Waals surface area contributed by atoms with Crippen LogP contribution in [0.5, 0.6) is 0 Å². The first kappa shape index (κ1) is 18.7. The van der Waals surface area contributed by atoms with Crippen molar-refractivity contribution in [2.24, 2.45) is 0 Å². The molecule has 1 fully saturated rings. The first-order valence-electron chi connectivity index (χ1n) is 8.89. The Balaban J connectivity index is 1.67. The third-order valence-electron chi connectivity index (χ3n) is 4.77. The van der Waals surface area contributed by atoms with E-state index in [0.29, 0.717) is 23.9 Å². The monoisotopic (exact) mass is 377 g/mol. The Morgan fingerprint density at radius 2 is 2.23 bits per heavy atom. The molecule has 1 aromatic heterocycles. The summed E-state index contributed by atoms with van der Waals surface area (Å²) in [6, 6.07) is 9.66. The normalized spacial score (nSPS) is 19.4. The molecule has 1 saturated heterocycles. The van der Waals surface area contributed by atoms with E-state index in [2.05, 4.69) is 17.0 Å². The Labute approximate surface area is 158 Å². The van der Waals surface area contributed by atoms with E-state index in [0.717, 1.165) is 24.3 Å². The molecule has 7 heteroatoms. The van der Waals surface area contributed by atoms with Gasteiger partial charge in [0, 0.05) is 42.3 Å². The van der Waals surface area contributed by atoms with E-state index < -0.39 is 0 Å². The number of carbonyl (C=O) groups excluding carboxylic acids is 1. The predicted octanol–water partition coefficient (Wildman–Crippen LogP) is 4.22. The molecule has 3 rings (SSSR count). The molecule has 0 aliphatic carbocycles. The van der Waals surface area contributed by atoms with Gasteiger partial charge in [0.15, 0.2) is 5.76 Å². The van der Waals surface area contributed by atoms with Crippen LogP contribution in [-0.4, -0.2) is 53.3 Å². The fraction of sp³-hybridized carbons (Fsp3) is 0.474. The number of carbonyl (C=O) groups is 1. The maximum atomic E-state index is 12.0. The van der Waals surface area contributed by atoms with Crippen LogP contribution in [0, 0.1) is 0 Å². The molecular formula is C19H24ClN3O3. The van der Waals surface area contributed by atoms with E-state index >= 15 is 0 Å². The van der Waals surface area contributed by atoms with Crippen molar-refractivity contribution in [1.82, 2.24) is 15.0 Å². The fourth-order valence-corrected chi connectivity index (χ4v) is 3.46. The van der Waals surface area contributed by atoms with Gasteiger partial charge in [0.25, 0.3) is 0 Å². The molecule has 6 nitrogen and oxygen atoms in total. The van der Waals surface area contributed by atoms with Gasteiger partial charge in [0.2, 0.25) is 0 Å². The molecule has 2 atom stereocenters. The largest absolute Gasteiger partial charge is 0.450 e. The van der Waals surface area contributed by atoms with Crippen LogP contribution in [-0.2, 0) is 4.74 Å². The second kappa shape index (κ2) is 8.10. The first-order chi connectivity index (χ1) is 12.5. The SMILES string of the molecule is CCOC(=O)N1CCN(C(C)c2cc(-c3cccc(Cl)c3)on2)C[C@H]1C. The minimum Gasteiger partial charge on any atom is -0.450 e. The molecule has 0 saturated carbocycles. The summed E-state index contributed by atoms with van der Waals surface area (Å²) in [4.78, 5) is 16.1. The standard InChI is InChI=1S/C19H24ClN3O3/c1-4-25-19(24)23-9-8-22(12-13(23)2)14(3)17-11-18(26-21-17)15-6-5-7-16(20)10-15/h5-7,10-11,13-14H,4,8-9,12H2,1-3H3/t13-,14?/m1/s1. The van der Waals surface area contributed by atoms with Crippen LogP contribution in [0.4, 0.5) is 4.79 Å². The average Bonchev–Trinajstić information content (AvgIpc) is 3.11. The molecule has 0 bridgehead atoms. The van der Waals surface area contributed by atoms with E-state index in [4.69, 9.17) is 20.9 Å². The molecule has 26 heavy (non-hydrogen) atoms. The summed E-state index contributed by atoms with van der Waals surface area (Å²) in [6.07, 6.45) is -0.239. The Bertz CT molecular complexity index is 764. The number of ether oxygens (including phenoxy) is 1. The maximum absolute atomic E-state index is 12.0. The molecule has 1 aliphatic rings. The number of aromatic nitrogens is 1. The summed E-state index contributed by atoms with van der Waals surface area (Å²) < 4.78 is 10.6. The molecule has 1 unspecified atom stereocenters. The van der Waals surface area contributed by atoms with Gasteiger partial charge in [-0.25, -0.2) is 4.79 Å². The van der Waals surface area contributed by atoms with E-state index in [1.54, 1.807) is 4.90 Å². The second-order valence-electron chi connectivity index (χ2n) is 6.54. The van der Waals surface area contributed by atoms with Gasteiger partial charge in [0.1, 0.15) is 5.69 Å². The zero-order valence-electron chi connectivity index (χ0n) is 15.3. The molecule has 2 heterocycles. The zero-order chi connectivity index (χ0) is 18.7.